The van der Waals surface area contributed by atoms with Crippen molar-refractivity contribution in [1.29, 1.82) is 0 Å². The summed E-state index contributed by atoms with van der Waals surface area (Å²) >= 11 is 0. The van der Waals surface area contributed by atoms with Crippen molar-refractivity contribution in [3.05, 3.63) is 41.5 Å². The molecule has 0 radical (unpaired) electrons. The fourth-order valence-corrected chi connectivity index (χ4v) is 2.93. The van der Waals surface area contributed by atoms with E-state index in [1.54, 1.807) is 30.3 Å². The van der Waals surface area contributed by atoms with Crippen molar-refractivity contribution in [1.82, 2.24) is 10.2 Å². The summed E-state index contributed by atoms with van der Waals surface area (Å²) in [6.07, 6.45) is 5.66. The Morgan fingerprint density at radius 1 is 1.33 bits per heavy atom. The van der Waals surface area contributed by atoms with E-state index in [1.807, 2.05) is 0 Å². The minimum atomic E-state index is -0.364. The number of carbonyl (C=O) groups is 2. The Bertz CT molecular complexity index is 581. The lowest BCUT2D eigenvalue weighted by Crippen LogP contribution is -2.40. The molecule has 24 heavy (non-hydrogen) atoms. The van der Waals surface area contributed by atoms with E-state index in [0.717, 1.165) is 25.2 Å². The average molecular weight is 330 g/mol. The lowest BCUT2D eigenvalue weighted by atomic mass is 9.98. The van der Waals surface area contributed by atoms with Gasteiger partial charge in [0, 0.05) is 19.2 Å². The molecule has 0 saturated carbocycles. The molecule has 5 nitrogen and oxygen atoms in total. The Labute approximate surface area is 143 Å². The highest BCUT2D eigenvalue weighted by atomic mass is 16.5. The predicted molar refractivity (Wildman–Crippen MR) is 94.7 cm³/mol. The molecule has 2 rings (SSSR count). The molecule has 1 N–H and O–H groups in total. The van der Waals surface area contributed by atoms with Crippen LogP contribution in [0.2, 0.25) is 0 Å². The number of piperidine rings is 1. The Morgan fingerprint density at radius 2 is 2.08 bits per heavy atom. The Balaban J connectivity index is 1.79. The third-order valence-electron chi connectivity index (χ3n) is 4.37. The van der Waals surface area contributed by atoms with Crippen LogP contribution in [0, 0.1) is 5.92 Å². The van der Waals surface area contributed by atoms with Gasteiger partial charge in [0.15, 0.2) is 0 Å². The fourth-order valence-electron chi connectivity index (χ4n) is 2.93. The SMILES string of the molecule is CCN1CCC[C@H](CNC(=O)/C=C\c2ccc(C(=O)OC)cc2)C1. The number of benzene rings is 1. The fraction of sp³-hybridized carbons (Fsp3) is 0.474. The number of hydrogen-bond donors (Lipinski definition) is 1. The van der Waals surface area contributed by atoms with E-state index in [9.17, 15) is 9.59 Å². The van der Waals surface area contributed by atoms with E-state index in [4.69, 9.17) is 0 Å². The Hall–Kier alpha value is -2.14. The van der Waals surface area contributed by atoms with Crippen LogP contribution in [0.15, 0.2) is 30.3 Å². The second-order valence-electron chi connectivity index (χ2n) is 6.09. The van der Waals surface area contributed by atoms with Crippen molar-refractivity contribution >= 4 is 18.0 Å². The van der Waals surface area contributed by atoms with Crippen LogP contribution in [-0.2, 0) is 9.53 Å². The molecule has 1 fully saturated rings. The highest BCUT2D eigenvalue weighted by Gasteiger charge is 2.18. The molecule has 1 aromatic rings. The second kappa shape index (κ2) is 9.23. The average Bonchev–Trinajstić information content (AvgIpc) is 2.64. The van der Waals surface area contributed by atoms with Crippen LogP contribution in [-0.4, -0.2) is 50.1 Å². The van der Waals surface area contributed by atoms with Crippen molar-refractivity contribution in [3.8, 4) is 0 Å². The van der Waals surface area contributed by atoms with E-state index in [0.29, 0.717) is 11.5 Å². The molecule has 1 aliphatic heterocycles. The topological polar surface area (TPSA) is 58.6 Å². The number of carbonyl (C=O) groups excluding carboxylic acids is 2. The van der Waals surface area contributed by atoms with Crippen LogP contribution < -0.4 is 5.32 Å². The van der Waals surface area contributed by atoms with Gasteiger partial charge in [-0.05, 0) is 55.6 Å². The van der Waals surface area contributed by atoms with Crippen molar-refractivity contribution in [2.24, 2.45) is 5.92 Å². The van der Waals surface area contributed by atoms with Gasteiger partial charge in [-0.2, -0.15) is 0 Å². The van der Waals surface area contributed by atoms with Gasteiger partial charge in [0.1, 0.15) is 0 Å². The highest BCUT2D eigenvalue weighted by Crippen LogP contribution is 2.15. The number of ether oxygens (including phenoxy) is 1. The van der Waals surface area contributed by atoms with Crippen LogP contribution in [0.4, 0.5) is 0 Å². The number of nitrogens with one attached hydrogen (secondary N) is 1. The molecule has 1 heterocycles. The van der Waals surface area contributed by atoms with Gasteiger partial charge in [0.25, 0.3) is 0 Å². The number of nitrogens with zero attached hydrogens (tertiary/aromatic N) is 1. The van der Waals surface area contributed by atoms with Gasteiger partial charge in [0.2, 0.25) is 5.91 Å². The van der Waals surface area contributed by atoms with Gasteiger partial charge in [-0.1, -0.05) is 19.1 Å². The van der Waals surface area contributed by atoms with Crippen LogP contribution in [0.1, 0.15) is 35.7 Å². The molecule has 5 heteroatoms. The molecule has 130 valence electrons. The molecule has 0 aliphatic carbocycles. The zero-order chi connectivity index (χ0) is 17.4. The highest BCUT2D eigenvalue weighted by molar-refractivity contribution is 5.92. The van der Waals surface area contributed by atoms with E-state index >= 15 is 0 Å². The summed E-state index contributed by atoms with van der Waals surface area (Å²) in [4.78, 5) is 25.7. The maximum atomic E-state index is 11.9. The lowest BCUT2D eigenvalue weighted by molar-refractivity contribution is -0.116. The number of methoxy groups -OCH3 is 1. The normalized spacial score (nSPS) is 18.5. The maximum Gasteiger partial charge on any atom is 0.337 e. The molecule has 0 aromatic heterocycles. The Kier molecular flexibility index (Phi) is 7.00. The van der Waals surface area contributed by atoms with Crippen LogP contribution >= 0.6 is 0 Å². The molecular formula is C19H26N2O3. The molecule has 0 spiro atoms. The standard InChI is InChI=1S/C19H26N2O3/c1-3-21-12-4-5-16(14-21)13-20-18(22)11-8-15-6-9-17(10-7-15)19(23)24-2/h6-11,16H,3-5,12-14H2,1-2H3,(H,20,22)/b11-8-/t16-/m1/s1. The summed E-state index contributed by atoms with van der Waals surface area (Å²) in [6.45, 7) is 6.21. The summed E-state index contributed by atoms with van der Waals surface area (Å²) in [5, 5.41) is 2.98. The van der Waals surface area contributed by atoms with Gasteiger partial charge < -0.3 is 15.0 Å². The molecular weight excluding hydrogens is 304 g/mol. The lowest BCUT2D eigenvalue weighted by Gasteiger charge is -2.31. The largest absolute Gasteiger partial charge is 0.465 e. The zero-order valence-corrected chi connectivity index (χ0v) is 14.5. The van der Waals surface area contributed by atoms with Crippen LogP contribution in [0.3, 0.4) is 0 Å². The second-order valence-corrected chi connectivity index (χ2v) is 6.09. The number of rotatable bonds is 6. The summed E-state index contributed by atoms with van der Waals surface area (Å²) in [5.74, 6) is 0.0907. The molecule has 1 saturated heterocycles. The minimum Gasteiger partial charge on any atom is -0.465 e. The number of hydrogen-bond acceptors (Lipinski definition) is 4. The van der Waals surface area contributed by atoms with Crippen molar-refractivity contribution in [2.75, 3.05) is 33.3 Å². The molecule has 1 aliphatic rings. The van der Waals surface area contributed by atoms with Crippen LogP contribution in [0.5, 0.6) is 0 Å². The smallest absolute Gasteiger partial charge is 0.337 e. The van der Waals surface area contributed by atoms with Gasteiger partial charge in [-0.25, -0.2) is 4.79 Å². The molecule has 1 aromatic carbocycles. The first-order valence-corrected chi connectivity index (χ1v) is 8.49. The third kappa shape index (κ3) is 5.49. The number of likely N-dealkylation sites (tertiary alicyclic amines) is 1. The Morgan fingerprint density at radius 3 is 2.75 bits per heavy atom. The van der Waals surface area contributed by atoms with Gasteiger partial charge in [0.05, 0.1) is 12.7 Å². The van der Waals surface area contributed by atoms with Gasteiger partial charge >= 0.3 is 5.97 Å². The van der Waals surface area contributed by atoms with E-state index < -0.39 is 0 Å². The third-order valence-corrected chi connectivity index (χ3v) is 4.37. The quantitative estimate of drug-likeness (QED) is 0.642. The summed E-state index contributed by atoms with van der Waals surface area (Å²) in [7, 11) is 1.35. The van der Waals surface area contributed by atoms with E-state index in [1.165, 1.54) is 32.6 Å². The molecule has 0 bridgehead atoms. The van der Waals surface area contributed by atoms with Crippen LogP contribution in [0.25, 0.3) is 6.08 Å². The number of amides is 1. The number of esters is 1. The van der Waals surface area contributed by atoms with Crippen molar-refractivity contribution < 1.29 is 14.3 Å². The molecule has 1 amide bonds. The maximum absolute atomic E-state index is 11.9. The van der Waals surface area contributed by atoms with Crippen molar-refractivity contribution in [3.63, 3.8) is 0 Å². The van der Waals surface area contributed by atoms with E-state index in [-0.39, 0.29) is 11.9 Å². The summed E-state index contributed by atoms with van der Waals surface area (Å²) < 4.78 is 4.65. The van der Waals surface area contributed by atoms with E-state index in [2.05, 4.69) is 21.9 Å². The predicted octanol–water partition coefficient (Wildman–Crippen LogP) is 2.33. The first-order valence-electron chi connectivity index (χ1n) is 8.49. The molecule has 1 atom stereocenters. The van der Waals surface area contributed by atoms with Gasteiger partial charge in [-0.15, -0.1) is 0 Å². The monoisotopic (exact) mass is 330 g/mol. The zero-order valence-electron chi connectivity index (χ0n) is 14.5. The first-order chi connectivity index (χ1) is 11.6. The van der Waals surface area contributed by atoms with Gasteiger partial charge in [-0.3, -0.25) is 4.79 Å². The summed E-state index contributed by atoms with van der Waals surface area (Å²) in [6, 6.07) is 6.95. The van der Waals surface area contributed by atoms with Crippen molar-refractivity contribution in [2.45, 2.75) is 19.8 Å². The summed E-state index contributed by atoms with van der Waals surface area (Å²) in [5.41, 5.74) is 1.37. The minimum absolute atomic E-state index is 0.0827. The first kappa shape index (κ1) is 18.2. The molecule has 0 unspecified atom stereocenters.